The van der Waals surface area contributed by atoms with Crippen molar-refractivity contribution >= 4 is 0 Å². The molecule has 20 heavy (non-hydrogen) atoms. The lowest BCUT2D eigenvalue weighted by molar-refractivity contribution is 0.101. The highest BCUT2D eigenvalue weighted by atomic mass is 16.5. The zero-order valence-corrected chi connectivity index (χ0v) is 12.2. The van der Waals surface area contributed by atoms with E-state index in [1.807, 2.05) is 0 Å². The lowest BCUT2D eigenvalue weighted by Gasteiger charge is -2.41. The maximum absolute atomic E-state index is 10.0. The van der Waals surface area contributed by atoms with Crippen molar-refractivity contribution in [2.45, 2.75) is 44.6 Å². The summed E-state index contributed by atoms with van der Waals surface area (Å²) in [5.74, 6) is 0.942. The number of hydrogen-bond acceptors (Lipinski definition) is 3. The largest absolute Gasteiger partial charge is 0.493 e. The molecule has 0 radical (unpaired) electrons. The van der Waals surface area contributed by atoms with Gasteiger partial charge in [-0.3, -0.25) is 4.90 Å². The first-order valence-electron chi connectivity index (χ1n) is 7.67. The van der Waals surface area contributed by atoms with Gasteiger partial charge in [-0.2, -0.15) is 5.26 Å². The first kappa shape index (κ1) is 13.5. The van der Waals surface area contributed by atoms with Gasteiger partial charge in [0.1, 0.15) is 11.3 Å². The number of likely N-dealkylation sites (tertiary alicyclic amines) is 1. The molecule has 3 heteroatoms. The monoisotopic (exact) mass is 270 g/mol. The van der Waals surface area contributed by atoms with Crippen LogP contribution in [0.15, 0.2) is 18.2 Å². The topological polar surface area (TPSA) is 36.3 Å². The van der Waals surface area contributed by atoms with Gasteiger partial charge in [-0.1, -0.05) is 24.6 Å². The van der Waals surface area contributed by atoms with Crippen LogP contribution in [-0.4, -0.2) is 24.6 Å². The van der Waals surface area contributed by atoms with E-state index in [9.17, 15) is 5.26 Å². The molecule has 0 aromatic heterocycles. The van der Waals surface area contributed by atoms with Gasteiger partial charge in [0.25, 0.3) is 0 Å². The zero-order chi connectivity index (χ0) is 14.0. The van der Waals surface area contributed by atoms with Gasteiger partial charge in [0.15, 0.2) is 0 Å². The molecular formula is C17H22N2O. The van der Waals surface area contributed by atoms with E-state index in [-0.39, 0.29) is 0 Å². The number of piperidine rings is 1. The third-order valence-electron chi connectivity index (χ3n) is 4.67. The van der Waals surface area contributed by atoms with Crippen molar-refractivity contribution in [2.24, 2.45) is 0 Å². The minimum Gasteiger partial charge on any atom is -0.493 e. The van der Waals surface area contributed by atoms with Crippen molar-refractivity contribution in [1.29, 1.82) is 5.26 Å². The molecule has 1 aromatic rings. The first-order chi connectivity index (χ1) is 9.78. The quantitative estimate of drug-likeness (QED) is 0.785. The molecule has 1 aromatic carbocycles. The molecule has 1 unspecified atom stereocenters. The molecule has 0 amide bonds. The van der Waals surface area contributed by atoms with Crippen LogP contribution in [0, 0.1) is 18.3 Å². The second-order valence-corrected chi connectivity index (χ2v) is 5.92. The average molecular weight is 270 g/mol. The van der Waals surface area contributed by atoms with Crippen LogP contribution in [0.2, 0.25) is 0 Å². The van der Waals surface area contributed by atoms with E-state index in [1.165, 1.54) is 19.3 Å². The summed E-state index contributed by atoms with van der Waals surface area (Å²) in [6, 6.07) is 8.87. The van der Waals surface area contributed by atoms with Crippen molar-refractivity contribution in [2.75, 3.05) is 19.7 Å². The van der Waals surface area contributed by atoms with Crippen LogP contribution in [0.5, 0.6) is 5.75 Å². The molecule has 1 saturated heterocycles. The summed E-state index contributed by atoms with van der Waals surface area (Å²) in [7, 11) is 0. The fraction of sp³-hybridized carbons (Fsp3) is 0.588. The third kappa shape index (κ3) is 2.09. The summed E-state index contributed by atoms with van der Waals surface area (Å²) in [4.78, 5) is 2.39. The second-order valence-electron chi connectivity index (χ2n) is 5.92. The van der Waals surface area contributed by atoms with Crippen LogP contribution < -0.4 is 4.74 Å². The number of rotatable bonds is 1. The molecule has 0 N–H and O–H groups in total. The van der Waals surface area contributed by atoms with Gasteiger partial charge < -0.3 is 4.74 Å². The van der Waals surface area contributed by atoms with Crippen LogP contribution in [0.3, 0.4) is 0 Å². The highest BCUT2D eigenvalue weighted by Gasteiger charge is 2.42. The highest BCUT2D eigenvalue weighted by Crippen LogP contribution is 2.43. The number of para-hydroxylation sites is 1. The Morgan fingerprint density at radius 1 is 1.20 bits per heavy atom. The van der Waals surface area contributed by atoms with Gasteiger partial charge in [0.05, 0.1) is 12.7 Å². The molecule has 3 rings (SSSR count). The van der Waals surface area contributed by atoms with Crippen LogP contribution in [0.4, 0.5) is 0 Å². The summed E-state index contributed by atoms with van der Waals surface area (Å²) in [5.41, 5.74) is 1.73. The van der Waals surface area contributed by atoms with Crippen molar-refractivity contribution < 1.29 is 4.74 Å². The summed E-state index contributed by atoms with van der Waals surface area (Å²) in [6.07, 6.45) is 5.50. The van der Waals surface area contributed by atoms with Crippen LogP contribution >= 0.6 is 0 Å². The minimum absolute atomic E-state index is 0.488. The molecule has 106 valence electrons. The number of fused-ring (bicyclic) bond motifs is 1. The van der Waals surface area contributed by atoms with E-state index >= 15 is 0 Å². The van der Waals surface area contributed by atoms with Gasteiger partial charge in [-0.25, -0.2) is 0 Å². The van der Waals surface area contributed by atoms with Crippen LogP contribution in [0.25, 0.3) is 0 Å². The predicted octanol–water partition coefficient (Wildman–Crippen LogP) is 3.37. The smallest absolute Gasteiger partial charge is 0.138 e. The molecule has 2 heterocycles. The van der Waals surface area contributed by atoms with Gasteiger partial charge in [0.2, 0.25) is 0 Å². The highest BCUT2D eigenvalue weighted by molar-refractivity contribution is 5.48. The number of aryl methyl sites for hydroxylation is 1. The maximum Gasteiger partial charge on any atom is 0.138 e. The maximum atomic E-state index is 10.0. The van der Waals surface area contributed by atoms with E-state index < -0.39 is 5.54 Å². The number of benzene rings is 1. The molecule has 0 saturated carbocycles. The van der Waals surface area contributed by atoms with E-state index in [2.05, 4.69) is 36.1 Å². The molecule has 2 aliphatic heterocycles. The summed E-state index contributed by atoms with van der Waals surface area (Å²) >= 11 is 0. The predicted molar refractivity (Wildman–Crippen MR) is 78.6 cm³/mol. The molecule has 0 bridgehead atoms. The molecule has 3 nitrogen and oxygen atoms in total. The van der Waals surface area contributed by atoms with Crippen molar-refractivity contribution in [3.63, 3.8) is 0 Å². The molecular weight excluding hydrogens is 248 g/mol. The molecule has 0 aliphatic carbocycles. The third-order valence-corrected chi connectivity index (χ3v) is 4.67. The Morgan fingerprint density at radius 2 is 2.00 bits per heavy atom. The van der Waals surface area contributed by atoms with Crippen molar-refractivity contribution in [3.8, 4) is 11.8 Å². The van der Waals surface area contributed by atoms with Gasteiger partial charge in [-0.15, -0.1) is 0 Å². The SMILES string of the molecule is Cc1cccc2c1OCCCC2(C#N)N1CCCCC1. The van der Waals surface area contributed by atoms with Crippen molar-refractivity contribution in [1.82, 2.24) is 4.90 Å². The Labute approximate surface area is 121 Å². The number of nitriles is 1. The minimum atomic E-state index is -0.488. The number of nitrogens with zero attached hydrogens (tertiary/aromatic N) is 2. The second kappa shape index (κ2) is 5.46. The van der Waals surface area contributed by atoms with Crippen LogP contribution in [-0.2, 0) is 5.54 Å². The fourth-order valence-electron chi connectivity index (χ4n) is 3.60. The molecule has 1 fully saturated rings. The Bertz CT molecular complexity index is 528. The Kier molecular flexibility index (Phi) is 3.67. The van der Waals surface area contributed by atoms with Crippen LogP contribution in [0.1, 0.15) is 43.2 Å². The molecule has 2 aliphatic rings. The standard InChI is InChI=1S/C17H22N2O/c1-14-7-5-8-15-16(14)20-12-6-9-17(15,13-18)19-10-3-2-4-11-19/h5,7-8H,2-4,6,9-12H2,1H3. The normalized spacial score (nSPS) is 27.0. The Balaban J connectivity index is 2.11. The summed E-state index contributed by atoms with van der Waals surface area (Å²) in [6.45, 7) is 4.85. The number of hydrogen-bond donors (Lipinski definition) is 0. The van der Waals surface area contributed by atoms with E-state index in [0.29, 0.717) is 0 Å². The zero-order valence-electron chi connectivity index (χ0n) is 12.2. The Hall–Kier alpha value is -1.53. The molecule has 1 atom stereocenters. The van der Waals surface area contributed by atoms with E-state index in [0.717, 1.165) is 49.4 Å². The van der Waals surface area contributed by atoms with E-state index in [4.69, 9.17) is 4.74 Å². The average Bonchev–Trinajstić information content (AvgIpc) is 2.69. The van der Waals surface area contributed by atoms with Gasteiger partial charge >= 0.3 is 0 Å². The number of ether oxygens (including phenoxy) is 1. The molecule has 0 spiro atoms. The summed E-state index contributed by atoms with van der Waals surface area (Å²) in [5, 5.41) is 10.0. The lowest BCUT2D eigenvalue weighted by atomic mass is 9.83. The van der Waals surface area contributed by atoms with Crippen molar-refractivity contribution in [3.05, 3.63) is 29.3 Å². The lowest BCUT2D eigenvalue weighted by Crippen LogP contribution is -2.47. The fourth-order valence-corrected chi connectivity index (χ4v) is 3.60. The van der Waals surface area contributed by atoms with Gasteiger partial charge in [-0.05, 0) is 51.3 Å². The Morgan fingerprint density at radius 3 is 2.75 bits per heavy atom. The van der Waals surface area contributed by atoms with Gasteiger partial charge in [0, 0.05) is 5.56 Å². The van der Waals surface area contributed by atoms with E-state index in [1.54, 1.807) is 0 Å². The summed E-state index contributed by atoms with van der Waals surface area (Å²) < 4.78 is 5.95. The first-order valence-corrected chi connectivity index (χ1v) is 7.67.